The smallest absolute Gasteiger partial charge is 0.158 e. The van der Waals surface area contributed by atoms with Crippen molar-refractivity contribution in [2.75, 3.05) is 5.33 Å². The number of ether oxygens (including phenoxy) is 2. The quantitative estimate of drug-likeness (QED) is 0.717. The summed E-state index contributed by atoms with van der Waals surface area (Å²) in [7, 11) is 0. The van der Waals surface area contributed by atoms with Crippen LogP contribution in [0.15, 0.2) is 0 Å². The Hall–Kier alpha value is 0.400. The molecule has 1 fully saturated rings. The topological polar surface area (TPSA) is 18.5 Å². The lowest BCUT2D eigenvalue weighted by atomic mass is 10.00. The van der Waals surface area contributed by atoms with Gasteiger partial charge in [-0.05, 0) is 33.6 Å². The van der Waals surface area contributed by atoms with Crippen LogP contribution in [0.25, 0.3) is 0 Å². The fourth-order valence-electron chi connectivity index (χ4n) is 1.80. The minimum atomic E-state index is -0.0192. The van der Waals surface area contributed by atoms with Crippen molar-refractivity contribution in [2.24, 2.45) is 0 Å². The molecule has 1 aliphatic heterocycles. The van der Waals surface area contributed by atoms with E-state index in [1.54, 1.807) is 0 Å². The molecule has 0 N–H and O–H groups in total. The second-order valence-corrected chi connectivity index (χ2v) is 5.08. The number of rotatable bonds is 3. The van der Waals surface area contributed by atoms with E-state index in [2.05, 4.69) is 36.7 Å². The highest BCUT2D eigenvalue weighted by atomic mass is 79.9. The fraction of sp³-hybridized carbons (Fsp3) is 1.00. The first-order valence-electron chi connectivity index (χ1n) is 4.93. The molecule has 1 heterocycles. The van der Waals surface area contributed by atoms with Gasteiger partial charge < -0.3 is 9.47 Å². The highest BCUT2D eigenvalue weighted by Crippen LogP contribution is 2.29. The summed E-state index contributed by atoms with van der Waals surface area (Å²) in [4.78, 5) is 0. The number of hydrogen-bond acceptors (Lipinski definition) is 2. The zero-order valence-corrected chi connectivity index (χ0v) is 10.3. The minimum Gasteiger partial charge on any atom is -0.350 e. The Bertz CT molecular complexity index is 159. The molecule has 1 rings (SSSR count). The largest absolute Gasteiger partial charge is 0.350 e. The van der Waals surface area contributed by atoms with E-state index >= 15 is 0 Å². The van der Waals surface area contributed by atoms with E-state index in [4.69, 9.17) is 9.47 Å². The molecule has 0 aromatic heterocycles. The first kappa shape index (κ1) is 11.5. The summed E-state index contributed by atoms with van der Waals surface area (Å²) in [5.41, 5.74) is -0.0192. The maximum Gasteiger partial charge on any atom is 0.158 e. The van der Waals surface area contributed by atoms with Crippen molar-refractivity contribution < 1.29 is 9.47 Å². The maximum atomic E-state index is 5.80. The van der Waals surface area contributed by atoms with Crippen LogP contribution in [-0.2, 0) is 9.47 Å². The van der Waals surface area contributed by atoms with Crippen LogP contribution < -0.4 is 0 Å². The van der Waals surface area contributed by atoms with Crippen LogP contribution in [0.2, 0.25) is 0 Å². The molecular formula is C10H19BrO2. The molecule has 0 radical (unpaired) electrons. The molecule has 2 unspecified atom stereocenters. The van der Waals surface area contributed by atoms with Gasteiger partial charge in [-0.2, -0.15) is 0 Å². The summed E-state index contributed by atoms with van der Waals surface area (Å²) in [5, 5.41) is 1.02. The van der Waals surface area contributed by atoms with E-state index in [0.717, 1.165) is 24.6 Å². The van der Waals surface area contributed by atoms with Crippen LogP contribution in [0.1, 0.15) is 40.0 Å². The van der Waals surface area contributed by atoms with Gasteiger partial charge in [-0.15, -0.1) is 0 Å². The molecule has 0 spiro atoms. The highest BCUT2D eigenvalue weighted by Gasteiger charge is 2.32. The Morgan fingerprint density at radius 2 is 2.15 bits per heavy atom. The average Bonchev–Trinajstić information content (AvgIpc) is 1.97. The predicted molar refractivity (Wildman–Crippen MR) is 57.1 cm³/mol. The molecule has 0 aromatic carbocycles. The second-order valence-electron chi connectivity index (χ2n) is 4.29. The highest BCUT2D eigenvalue weighted by molar-refractivity contribution is 9.09. The zero-order chi connectivity index (χ0) is 9.90. The third kappa shape index (κ3) is 3.96. The molecule has 0 aliphatic carbocycles. The predicted octanol–water partition coefficient (Wildman–Crippen LogP) is 3.09. The van der Waals surface area contributed by atoms with Gasteiger partial charge >= 0.3 is 0 Å². The number of alkyl halides is 1. The van der Waals surface area contributed by atoms with Gasteiger partial charge in [0.2, 0.25) is 0 Å². The Kier molecular flexibility index (Phi) is 4.20. The maximum absolute atomic E-state index is 5.80. The van der Waals surface area contributed by atoms with Crippen molar-refractivity contribution >= 4 is 15.9 Å². The summed E-state index contributed by atoms with van der Waals surface area (Å²) in [5.74, 6) is 0. The standard InChI is InChI=1S/C10H19BrO2/c1-8-7-10(2,3)13-9(12-8)5-4-6-11/h8-9H,4-7H2,1-3H3. The van der Waals surface area contributed by atoms with Gasteiger partial charge in [0.25, 0.3) is 0 Å². The third-order valence-corrected chi connectivity index (χ3v) is 2.75. The van der Waals surface area contributed by atoms with E-state index in [1.165, 1.54) is 0 Å². The first-order chi connectivity index (χ1) is 6.03. The van der Waals surface area contributed by atoms with Crippen molar-refractivity contribution in [1.29, 1.82) is 0 Å². The summed E-state index contributed by atoms with van der Waals surface area (Å²) in [6, 6.07) is 0. The van der Waals surface area contributed by atoms with Crippen molar-refractivity contribution in [3.05, 3.63) is 0 Å². The molecule has 78 valence electrons. The van der Waals surface area contributed by atoms with E-state index in [1.807, 2.05) is 0 Å². The molecule has 1 aliphatic rings. The summed E-state index contributed by atoms with van der Waals surface area (Å²) >= 11 is 3.41. The third-order valence-electron chi connectivity index (χ3n) is 2.19. The van der Waals surface area contributed by atoms with Gasteiger partial charge in [0.05, 0.1) is 11.7 Å². The van der Waals surface area contributed by atoms with Gasteiger partial charge in [0, 0.05) is 11.8 Å². The fourth-order valence-corrected chi connectivity index (χ4v) is 2.13. The Morgan fingerprint density at radius 3 is 2.69 bits per heavy atom. The van der Waals surface area contributed by atoms with Gasteiger partial charge in [-0.1, -0.05) is 15.9 Å². The Labute approximate surface area is 89.1 Å². The lowest BCUT2D eigenvalue weighted by Crippen LogP contribution is -2.42. The van der Waals surface area contributed by atoms with E-state index in [0.29, 0.717) is 6.10 Å². The van der Waals surface area contributed by atoms with Crippen molar-refractivity contribution in [3.8, 4) is 0 Å². The molecule has 0 bridgehead atoms. The zero-order valence-electron chi connectivity index (χ0n) is 8.68. The molecule has 0 amide bonds. The van der Waals surface area contributed by atoms with E-state index in [-0.39, 0.29) is 11.9 Å². The van der Waals surface area contributed by atoms with Crippen LogP contribution in [0.4, 0.5) is 0 Å². The average molecular weight is 251 g/mol. The minimum absolute atomic E-state index is 0.00343. The summed E-state index contributed by atoms with van der Waals surface area (Å²) in [6.07, 6.45) is 3.39. The molecule has 3 heteroatoms. The molecule has 0 saturated carbocycles. The van der Waals surface area contributed by atoms with Crippen molar-refractivity contribution in [2.45, 2.75) is 58.0 Å². The molecule has 1 saturated heterocycles. The lowest BCUT2D eigenvalue weighted by molar-refractivity contribution is -0.270. The number of hydrogen-bond donors (Lipinski definition) is 0. The SMILES string of the molecule is CC1CC(C)(C)OC(CCCBr)O1. The number of halogens is 1. The van der Waals surface area contributed by atoms with Crippen molar-refractivity contribution in [3.63, 3.8) is 0 Å². The lowest BCUT2D eigenvalue weighted by Gasteiger charge is -2.39. The monoisotopic (exact) mass is 250 g/mol. The molecule has 2 nitrogen and oxygen atoms in total. The molecule has 2 atom stereocenters. The summed E-state index contributed by atoms with van der Waals surface area (Å²) < 4.78 is 11.5. The van der Waals surface area contributed by atoms with Crippen LogP contribution in [-0.4, -0.2) is 23.3 Å². The van der Waals surface area contributed by atoms with Crippen molar-refractivity contribution in [1.82, 2.24) is 0 Å². The van der Waals surface area contributed by atoms with Crippen LogP contribution in [0.3, 0.4) is 0 Å². The van der Waals surface area contributed by atoms with Gasteiger partial charge in [-0.3, -0.25) is 0 Å². The van der Waals surface area contributed by atoms with E-state index < -0.39 is 0 Å². The van der Waals surface area contributed by atoms with Crippen LogP contribution in [0.5, 0.6) is 0 Å². The molecular weight excluding hydrogens is 232 g/mol. The van der Waals surface area contributed by atoms with Crippen LogP contribution in [0, 0.1) is 0 Å². The molecule has 0 aromatic rings. The van der Waals surface area contributed by atoms with E-state index in [9.17, 15) is 0 Å². The second kappa shape index (κ2) is 4.76. The Balaban J connectivity index is 2.38. The van der Waals surface area contributed by atoms with Gasteiger partial charge in [0.15, 0.2) is 6.29 Å². The summed E-state index contributed by atoms with van der Waals surface area (Å²) in [6.45, 7) is 6.38. The molecule has 13 heavy (non-hydrogen) atoms. The van der Waals surface area contributed by atoms with Gasteiger partial charge in [0.1, 0.15) is 0 Å². The normalized spacial score (nSPS) is 33.2. The first-order valence-corrected chi connectivity index (χ1v) is 6.05. The van der Waals surface area contributed by atoms with Crippen LogP contribution >= 0.6 is 15.9 Å². The Morgan fingerprint density at radius 1 is 1.46 bits per heavy atom. The van der Waals surface area contributed by atoms with Gasteiger partial charge in [-0.25, -0.2) is 0 Å².